The third-order valence-electron chi connectivity index (χ3n) is 7.58. The molecular weight excluding hydrogens is 524 g/mol. The van der Waals surface area contributed by atoms with Gasteiger partial charge in [0.15, 0.2) is 22.6 Å². The zero-order valence-corrected chi connectivity index (χ0v) is 23.0. The zero-order chi connectivity index (χ0) is 28.2. The van der Waals surface area contributed by atoms with Crippen LogP contribution in [0.2, 0.25) is 0 Å². The number of hydrogen-bond donors (Lipinski definition) is 3. The number of hydrogen-bond acceptors (Lipinski definition) is 11. The highest BCUT2D eigenvalue weighted by molar-refractivity contribution is 7.82. The van der Waals surface area contributed by atoms with Crippen molar-refractivity contribution in [3.05, 3.63) is 39.8 Å². The van der Waals surface area contributed by atoms with Crippen molar-refractivity contribution < 1.29 is 19.8 Å². The Hall–Kier alpha value is -3.94. The fraction of sp³-hybridized carbons (Fsp3) is 0.480. The fourth-order valence-electron chi connectivity index (χ4n) is 5.50. The largest absolute Gasteiger partial charge is 0.504 e. The molecular formula is C25H30N8O5S. The van der Waals surface area contributed by atoms with E-state index >= 15 is 0 Å². The van der Waals surface area contributed by atoms with Gasteiger partial charge in [0.05, 0.1) is 17.9 Å². The first kappa shape index (κ1) is 26.7. The lowest BCUT2D eigenvalue weighted by atomic mass is 9.80. The van der Waals surface area contributed by atoms with Crippen LogP contribution >= 0.6 is 12.6 Å². The topological polar surface area (TPSA) is 158 Å². The van der Waals surface area contributed by atoms with Crippen molar-refractivity contribution in [2.75, 3.05) is 37.0 Å². The molecule has 206 valence electrons. The molecule has 0 aromatic carbocycles. The predicted molar refractivity (Wildman–Crippen MR) is 147 cm³/mol. The van der Waals surface area contributed by atoms with Gasteiger partial charge in [-0.3, -0.25) is 14.4 Å². The van der Waals surface area contributed by atoms with E-state index in [-0.39, 0.29) is 47.2 Å². The van der Waals surface area contributed by atoms with Gasteiger partial charge >= 0.3 is 5.97 Å². The van der Waals surface area contributed by atoms with Crippen molar-refractivity contribution in [1.29, 1.82) is 0 Å². The van der Waals surface area contributed by atoms with E-state index in [0.29, 0.717) is 48.7 Å². The number of anilines is 2. The second kappa shape index (κ2) is 9.67. The molecule has 4 heterocycles. The lowest BCUT2D eigenvalue weighted by Crippen LogP contribution is -2.72. The van der Waals surface area contributed by atoms with Gasteiger partial charge in [0.25, 0.3) is 5.91 Å². The van der Waals surface area contributed by atoms with Crippen LogP contribution in [-0.2, 0) is 17.8 Å². The summed E-state index contributed by atoms with van der Waals surface area (Å²) >= 11 is 4.95. The summed E-state index contributed by atoms with van der Waals surface area (Å²) in [6, 6.07) is -0.331. The summed E-state index contributed by atoms with van der Waals surface area (Å²) in [5.74, 6) is -1.33. The molecule has 2 fully saturated rings. The molecule has 1 saturated carbocycles. The number of aliphatic carboxylic acids is 1. The average molecular weight is 555 g/mol. The number of aromatic nitrogens is 5. The van der Waals surface area contributed by atoms with Crippen LogP contribution in [0.5, 0.6) is 5.75 Å². The van der Waals surface area contributed by atoms with Crippen molar-refractivity contribution in [3.63, 3.8) is 0 Å². The van der Waals surface area contributed by atoms with Crippen LogP contribution < -0.4 is 15.2 Å². The molecule has 1 saturated heterocycles. The van der Waals surface area contributed by atoms with Crippen LogP contribution in [0, 0.1) is 6.92 Å². The number of amides is 1. The number of rotatable bonds is 6. The van der Waals surface area contributed by atoms with Crippen LogP contribution in [0.15, 0.2) is 17.3 Å². The van der Waals surface area contributed by atoms with E-state index in [4.69, 9.17) is 12.6 Å². The van der Waals surface area contributed by atoms with E-state index in [2.05, 4.69) is 19.9 Å². The molecule has 39 heavy (non-hydrogen) atoms. The van der Waals surface area contributed by atoms with Gasteiger partial charge in [-0.15, -0.1) is 12.6 Å². The molecule has 1 aliphatic heterocycles. The number of pyridine rings is 1. The van der Waals surface area contributed by atoms with Crippen molar-refractivity contribution in [2.45, 2.75) is 50.6 Å². The number of piperazine rings is 1. The smallest absolute Gasteiger partial charge is 0.323 e. The van der Waals surface area contributed by atoms with Gasteiger partial charge in [-0.2, -0.15) is 0 Å². The number of fused-ring (bicyclic) bond motifs is 2. The molecule has 3 aromatic heterocycles. The maximum Gasteiger partial charge on any atom is 0.323 e. The van der Waals surface area contributed by atoms with Crippen molar-refractivity contribution in [3.8, 4) is 5.75 Å². The Kier molecular flexibility index (Phi) is 6.61. The standard InChI is InChI=1S/C25H30N8O5S/c1-5-14-20(22(37)18-23(32(14)11-17(34)35)26-10-16(29-18)30(3)4)31-8-9-33(25(39)7-6-15(25)31)24(38)19-21(36)13(2)27-12-28-19/h10,12,15,36,39H,5-9,11H2,1-4H3,(H,34,35)/t15-,25+/m0/s1. The summed E-state index contributed by atoms with van der Waals surface area (Å²) in [6.45, 7) is 3.58. The van der Waals surface area contributed by atoms with Crippen LogP contribution in [0.25, 0.3) is 11.2 Å². The number of aryl methyl sites for hydroxylation is 1. The number of carboxylic acids is 1. The Morgan fingerprint density at radius 2 is 1.97 bits per heavy atom. The second-order valence-corrected chi connectivity index (χ2v) is 10.8. The van der Waals surface area contributed by atoms with E-state index in [1.54, 1.807) is 35.4 Å². The monoisotopic (exact) mass is 554 g/mol. The van der Waals surface area contributed by atoms with Gasteiger partial charge in [0.1, 0.15) is 29.2 Å². The molecule has 0 radical (unpaired) electrons. The van der Waals surface area contributed by atoms with E-state index in [0.717, 1.165) is 0 Å². The molecule has 13 nitrogen and oxygen atoms in total. The number of carbonyl (C=O) groups is 2. The Morgan fingerprint density at radius 1 is 1.23 bits per heavy atom. The van der Waals surface area contributed by atoms with Gasteiger partial charge in [-0.1, -0.05) is 6.92 Å². The Morgan fingerprint density at radius 3 is 2.59 bits per heavy atom. The van der Waals surface area contributed by atoms with Crippen molar-refractivity contribution >= 4 is 47.2 Å². The third kappa shape index (κ3) is 4.13. The summed E-state index contributed by atoms with van der Waals surface area (Å²) in [6.07, 6.45) is 4.35. The minimum absolute atomic E-state index is 0.0821. The molecule has 0 spiro atoms. The molecule has 0 unspecified atom stereocenters. The SMILES string of the molecule is CCc1c(N2CCN(C(=O)c3ncnc(C)c3O)[C@@]3(S)CC[C@H]23)c(=O)c2nc(N(C)C)cnc2n1CC(=O)O. The van der Waals surface area contributed by atoms with E-state index in [1.165, 1.54) is 12.5 Å². The summed E-state index contributed by atoms with van der Waals surface area (Å²) in [5.41, 5.74) is 1.05. The zero-order valence-electron chi connectivity index (χ0n) is 22.1. The first-order chi connectivity index (χ1) is 18.5. The molecule has 1 amide bonds. The molecule has 1 aliphatic carbocycles. The summed E-state index contributed by atoms with van der Waals surface area (Å²) < 4.78 is 1.54. The highest BCUT2D eigenvalue weighted by Gasteiger charge is 2.56. The Balaban J connectivity index is 1.63. The van der Waals surface area contributed by atoms with Crippen molar-refractivity contribution in [1.82, 2.24) is 29.4 Å². The predicted octanol–water partition coefficient (Wildman–Crippen LogP) is 1.06. The van der Waals surface area contributed by atoms with Crippen molar-refractivity contribution in [2.24, 2.45) is 0 Å². The van der Waals surface area contributed by atoms with Gasteiger partial charge < -0.3 is 29.5 Å². The lowest BCUT2D eigenvalue weighted by molar-refractivity contribution is -0.137. The number of carbonyl (C=O) groups excluding carboxylic acids is 1. The highest BCUT2D eigenvalue weighted by Crippen LogP contribution is 2.49. The summed E-state index contributed by atoms with van der Waals surface area (Å²) in [7, 11) is 3.56. The fourth-order valence-corrected chi connectivity index (χ4v) is 6.09. The second-order valence-electron chi connectivity index (χ2n) is 9.99. The third-order valence-corrected chi connectivity index (χ3v) is 8.34. The summed E-state index contributed by atoms with van der Waals surface area (Å²) in [5, 5.41) is 20.1. The molecule has 3 aromatic rings. The lowest BCUT2D eigenvalue weighted by Gasteiger charge is -2.60. The highest BCUT2D eigenvalue weighted by atomic mass is 32.1. The van der Waals surface area contributed by atoms with E-state index in [1.807, 2.05) is 11.8 Å². The minimum Gasteiger partial charge on any atom is -0.504 e. The molecule has 14 heteroatoms. The van der Waals surface area contributed by atoms with E-state index in [9.17, 15) is 24.6 Å². The summed E-state index contributed by atoms with van der Waals surface area (Å²) in [4.78, 5) is 60.6. The number of aromatic hydroxyl groups is 1. The molecule has 0 bridgehead atoms. The Labute approximate surface area is 229 Å². The maximum absolute atomic E-state index is 14.0. The molecule has 5 rings (SSSR count). The normalized spacial score (nSPS) is 20.5. The van der Waals surface area contributed by atoms with Crippen LogP contribution in [0.3, 0.4) is 0 Å². The average Bonchev–Trinajstić information content (AvgIpc) is 2.88. The first-order valence-corrected chi connectivity index (χ1v) is 13.1. The molecule has 2 aliphatic rings. The van der Waals surface area contributed by atoms with Gasteiger partial charge in [-0.25, -0.2) is 19.9 Å². The quantitative estimate of drug-likeness (QED) is 0.374. The first-order valence-electron chi connectivity index (χ1n) is 12.6. The van der Waals surface area contributed by atoms with E-state index < -0.39 is 16.7 Å². The maximum atomic E-state index is 14.0. The van der Waals surface area contributed by atoms with Crippen LogP contribution in [0.1, 0.15) is 41.6 Å². The number of nitrogens with zero attached hydrogens (tertiary/aromatic N) is 8. The molecule has 2 atom stereocenters. The number of carboxylic acid groups (broad SMARTS) is 1. The van der Waals surface area contributed by atoms with Gasteiger partial charge in [0.2, 0.25) is 5.43 Å². The van der Waals surface area contributed by atoms with Gasteiger partial charge in [0, 0.05) is 32.9 Å². The van der Waals surface area contributed by atoms with Gasteiger partial charge in [-0.05, 0) is 26.2 Å². The number of thiol groups is 1. The Bertz CT molecular complexity index is 1560. The van der Waals surface area contributed by atoms with Crippen LogP contribution in [-0.4, -0.2) is 89.6 Å². The van der Waals surface area contributed by atoms with Crippen LogP contribution in [0.4, 0.5) is 11.5 Å². The molecule has 2 N–H and O–H groups in total. The minimum atomic E-state index is -1.07.